The quantitative estimate of drug-likeness (QED) is 0.843. The van der Waals surface area contributed by atoms with Crippen molar-refractivity contribution in [2.45, 2.75) is 32.0 Å². The summed E-state index contributed by atoms with van der Waals surface area (Å²) in [6.45, 7) is 1.46. The predicted molar refractivity (Wildman–Crippen MR) is 61.9 cm³/mol. The minimum atomic E-state index is -0.0187. The van der Waals surface area contributed by atoms with Crippen molar-refractivity contribution in [2.24, 2.45) is 0 Å². The zero-order chi connectivity index (χ0) is 11.2. The third kappa shape index (κ3) is 3.47. The molecule has 2 rings (SSSR count). The van der Waals surface area contributed by atoms with E-state index in [0.717, 1.165) is 31.6 Å². The van der Waals surface area contributed by atoms with Gasteiger partial charge in [0, 0.05) is 18.7 Å². The fourth-order valence-corrected chi connectivity index (χ4v) is 1.77. The Morgan fingerprint density at radius 2 is 2.38 bits per heavy atom. The normalized spacial score (nSPS) is 20.9. The minimum absolute atomic E-state index is 0.0187. The molecule has 1 aliphatic heterocycles. The number of nitrogen functional groups attached to an aromatic ring is 1. The molecular weight excluding hydrogens is 204 g/mol. The van der Waals surface area contributed by atoms with Crippen molar-refractivity contribution in [3.63, 3.8) is 0 Å². The molecule has 0 radical (unpaired) electrons. The van der Waals surface area contributed by atoms with Crippen LogP contribution in [-0.4, -0.2) is 24.5 Å². The fourth-order valence-electron chi connectivity index (χ4n) is 1.77. The first-order valence-corrected chi connectivity index (χ1v) is 5.79. The van der Waals surface area contributed by atoms with E-state index in [0.29, 0.717) is 12.4 Å². The van der Waals surface area contributed by atoms with E-state index < -0.39 is 0 Å². The van der Waals surface area contributed by atoms with Crippen LogP contribution in [0, 0.1) is 0 Å². The second-order valence-corrected chi connectivity index (χ2v) is 3.97. The molecule has 1 atom stereocenters. The van der Waals surface area contributed by atoms with Crippen LogP contribution in [-0.2, 0) is 15.9 Å². The molecule has 2 heterocycles. The molecule has 88 valence electrons. The highest BCUT2D eigenvalue weighted by Crippen LogP contribution is 2.13. The van der Waals surface area contributed by atoms with Gasteiger partial charge < -0.3 is 15.2 Å². The SMILES string of the molecule is Nc1cccc(CCOC2CCCCO2)n1. The van der Waals surface area contributed by atoms with Crippen molar-refractivity contribution in [1.29, 1.82) is 0 Å². The van der Waals surface area contributed by atoms with Gasteiger partial charge in [-0.1, -0.05) is 6.07 Å². The molecule has 16 heavy (non-hydrogen) atoms. The van der Waals surface area contributed by atoms with Gasteiger partial charge in [0.25, 0.3) is 0 Å². The van der Waals surface area contributed by atoms with Crippen LogP contribution in [0.2, 0.25) is 0 Å². The Hall–Kier alpha value is -1.13. The van der Waals surface area contributed by atoms with Crippen molar-refractivity contribution < 1.29 is 9.47 Å². The van der Waals surface area contributed by atoms with E-state index in [2.05, 4.69) is 4.98 Å². The van der Waals surface area contributed by atoms with Crippen LogP contribution in [0.15, 0.2) is 18.2 Å². The van der Waals surface area contributed by atoms with Crippen LogP contribution in [0.1, 0.15) is 25.0 Å². The molecule has 0 aromatic carbocycles. The first-order chi connectivity index (χ1) is 7.84. The van der Waals surface area contributed by atoms with Gasteiger partial charge in [-0.15, -0.1) is 0 Å². The fraction of sp³-hybridized carbons (Fsp3) is 0.583. The predicted octanol–water partition coefficient (Wildman–Crippen LogP) is 1.75. The van der Waals surface area contributed by atoms with Gasteiger partial charge in [0.1, 0.15) is 5.82 Å². The zero-order valence-corrected chi connectivity index (χ0v) is 9.39. The average molecular weight is 222 g/mol. The molecule has 1 aromatic rings. The molecule has 4 heteroatoms. The molecule has 0 saturated carbocycles. The van der Waals surface area contributed by atoms with Crippen LogP contribution in [0.25, 0.3) is 0 Å². The largest absolute Gasteiger partial charge is 0.384 e. The minimum Gasteiger partial charge on any atom is -0.384 e. The van der Waals surface area contributed by atoms with Crippen molar-refractivity contribution >= 4 is 5.82 Å². The topological polar surface area (TPSA) is 57.4 Å². The molecular formula is C12H18N2O2. The Morgan fingerprint density at radius 3 is 3.12 bits per heavy atom. The monoisotopic (exact) mass is 222 g/mol. The summed E-state index contributed by atoms with van der Waals surface area (Å²) in [5.41, 5.74) is 6.56. The molecule has 1 unspecified atom stereocenters. The number of hydrogen-bond acceptors (Lipinski definition) is 4. The highest BCUT2D eigenvalue weighted by Gasteiger charge is 2.13. The second kappa shape index (κ2) is 5.82. The first-order valence-electron chi connectivity index (χ1n) is 5.79. The van der Waals surface area contributed by atoms with Crippen molar-refractivity contribution in [3.8, 4) is 0 Å². The lowest BCUT2D eigenvalue weighted by molar-refractivity contribution is -0.161. The lowest BCUT2D eigenvalue weighted by atomic mass is 10.2. The number of hydrogen-bond donors (Lipinski definition) is 1. The molecule has 0 amide bonds. The van der Waals surface area contributed by atoms with E-state index in [1.54, 1.807) is 6.07 Å². The van der Waals surface area contributed by atoms with E-state index in [1.165, 1.54) is 6.42 Å². The van der Waals surface area contributed by atoms with Crippen molar-refractivity contribution in [1.82, 2.24) is 4.98 Å². The van der Waals surface area contributed by atoms with E-state index in [9.17, 15) is 0 Å². The van der Waals surface area contributed by atoms with Gasteiger partial charge in [-0.3, -0.25) is 0 Å². The molecule has 1 saturated heterocycles. The molecule has 0 aliphatic carbocycles. The molecule has 1 aliphatic rings. The van der Waals surface area contributed by atoms with Gasteiger partial charge in [0.15, 0.2) is 6.29 Å². The van der Waals surface area contributed by atoms with E-state index in [-0.39, 0.29) is 6.29 Å². The number of rotatable bonds is 4. The summed E-state index contributed by atoms with van der Waals surface area (Å²) in [6, 6.07) is 5.66. The molecule has 1 aromatic heterocycles. The Kier molecular flexibility index (Phi) is 4.13. The van der Waals surface area contributed by atoms with Crippen LogP contribution in [0.3, 0.4) is 0 Å². The summed E-state index contributed by atoms with van der Waals surface area (Å²) in [7, 11) is 0. The zero-order valence-electron chi connectivity index (χ0n) is 9.39. The van der Waals surface area contributed by atoms with Crippen LogP contribution >= 0.6 is 0 Å². The maximum absolute atomic E-state index is 5.62. The second-order valence-electron chi connectivity index (χ2n) is 3.97. The number of nitrogens with two attached hydrogens (primary N) is 1. The number of pyridine rings is 1. The Labute approximate surface area is 95.8 Å². The van der Waals surface area contributed by atoms with Crippen molar-refractivity contribution in [2.75, 3.05) is 18.9 Å². The highest BCUT2D eigenvalue weighted by molar-refractivity contribution is 5.28. The number of aromatic nitrogens is 1. The Balaban J connectivity index is 1.71. The Morgan fingerprint density at radius 1 is 1.44 bits per heavy atom. The molecule has 4 nitrogen and oxygen atoms in total. The van der Waals surface area contributed by atoms with Gasteiger partial charge in [-0.25, -0.2) is 4.98 Å². The highest BCUT2D eigenvalue weighted by atomic mass is 16.7. The number of ether oxygens (including phenoxy) is 2. The third-order valence-electron chi connectivity index (χ3n) is 2.63. The summed E-state index contributed by atoms with van der Waals surface area (Å²) >= 11 is 0. The summed E-state index contributed by atoms with van der Waals surface area (Å²) in [4.78, 5) is 4.21. The van der Waals surface area contributed by atoms with Gasteiger partial charge in [-0.2, -0.15) is 0 Å². The smallest absolute Gasteiger partial charge is 0.157 e. The summed E-state index contributed by atoms with van der Waals surface area (Å²) in [6.07, 6.45) is 4.11. The van der Waals surface area contributed by atoms with E-state index >= 15 is 0 Å². The Bertz CT molecular complexity index is 325. The summed E-state index contributed by atoms with van der Waals surface area (Å²) < 4.78 is 11.1. The molecule has 2 N–H and O–H groups in total. The van der Waals surface area contributed by atoms with Crippen molar-refractivity contribution in [3.05, 3.63) is 23.9 Å². The van der Waals surface area contributed by atoms with Gasteiger partial charge in [-0.05, 0) is 31.4 Å². The van der Waals surface area contributed by atoms with Gasteiger partial charge in [0.2, 0.25) is 0 Å². The van der Waals surface area contributed by atoms with Gasteiger partial charge in [0.05, 0.1) is 6.61 Å². The maximum atomic E-state index is 5.62. The van der Waals surface area contributed by atoms with E-state index in [1.807, 2.05) is 12.1 Å². The van der Waals surface area contributed by atoms with Crippen LogP contribution in [0.5, 0.6) is 0 Å². The lowest BCUT2D eigenvalue weighted by Gasteiger charge is -2.22. The molecule has 0 spiro atoms. The van der Waals surface area contributed by atoms with Crippen LogP contribution in [0.4, 0.5) is 5.82 Å². The maximum Gasteiger partial charge on any atom is 0.157 e. The third-order valence-corrected chi connectivity index (χ3v) is 2.63. The lowest BCUT2D eigenvalue weighted by Crippen LogP contribution is -2.23. The average Bonchev–Trinajstić information content (AvgIpc) is 2.30. The first kappa shape index (κ1) is 11.4. The summed E-state index contributed by atoms with van der Waals surface area (Å²) in [5, 5.41) is 0. The number of anilines is 1. The standard InChI is InChI=1S/C12H18N2O2/c13-11-5-3-4-10(14-11)7-9-16-12-6-1-2-8-15-12/h3-5,12H,1-2,6-9H2,(H2,13,14). The molecule has 0 bridgehead atoms. The molecule has 1 fully saturated rings. The van der Waals surface area contributed by atoms with Crippen LogP contribution < -0.4 is 5.73 Å². The number of nitrogens with zero attached hydrogens (tertiary/aromatic N) is 1. The summed E-state index contributed by atoms with van der Waals surface area (Å²) in [5.74, 6) is 0.561. The van der Waals surface area contributed by atoms with E-state index in [4.69, 9.17) is 15.2 Å². The van der Waals surface area contributed by atoms with Gasteiger partial charge >= 0.3 is 0 Å².